The molecule has 2 amide bonds. The average Bonchev–Trinajstić information content (AvgIpc) is 3.40. The molecule has 3 heterocycles. The first kappa shape index (κ1) is 21.5. The Kier molecular flexibility index (Phi) is 6.41. The van der Waals surface area contributed by atoms with Gasteiger partial charge >= 0.3 is 0 Å². The number of benzene rings is 1. The van der Waals surface area contributed by atoms with E-state index >= 15 is 0 Å². The van der Waals surface area contributed by atoms with Crippen LogP contribution in [0, 0.1) is 12.7 Å². The molecule has 9 heteroatoms. The van der Waals surface area contributed by atoms with Crippen molar-refractivity contribution >= 4 is 39.8 Å². The van der Waals surface area contributed by atoms with Crippen LogP contribution in [0.4, 0.5) is 9.39 Å². The van der Waals surface area contributed by atoms with E-state index in [0.717, 1.165) is 11.1 Å². The first-order valence-corrected chi connectivity index (χ1v) is 11.0. The van der Waals surface area contributed by atoms with Gasteiger partial charge in [0.15, 0.2) is 5.76 Å². The van der Waals surface area contributed by atoms with Crippen molar-refractivity contribution in [2.24, 2.45) is 0 Å². The SMILES string of the molecule is Cc1cc(NC(=O)c2ccco2)sc1C(=O)N1CCN(Cc2ccc(F)cc2Cl)CC1. The third-order valence-electron chi connectivity index (χ3n) is 5.16. The molecule has 1 aliphatic rings. The summed E-state index contributed by atoms with van der Waals surface area (Å²) >= 11 is 7.39. The van der Waals surface area contributed by atoms with Gasteiger partial charge in [-0.2, -0.15) is 0 Å². The van der Waals surface area contributed by atoms with Crippen molar-refractivity contribution in [2.75, 3.05) is 31.5 Å². The largest absolute Gasteiger partial charge is 0.459 e. The maximum absolute atomic E-state index is 13.2. The van der Waals surface area contributed by atoms with Gasteiger partial charge in [0.1, 0.15) is 5.82 Å². The van der Waals surface area contributed by atoms with E-state index in [1.807, 2.05) is 11.8 Å². The highest BCUT2D eigenvalue weighted by Gasteiger charge is 2.25. The summed E-state index contributed by atoms with van der Waals surface area (Å²) in [6.45, 7) is 5.05. The van der Waals surface area contributed by atoms with Gasteiger partial charge in [0.25, 0.3) is 11.8 Å². The zero-order valence-electron chi connectivity index (χ0n) is 16.9. The van der Waals surface area contributed by atoms with E-state index < -0.39 is 0 Å². The number of thiophene rings is 1. The van der Waals surface area contributed by atoms with Gasteiger partial charge in [0, 0.05) is 37.7 Å². The quantitative estimate of drug-likeness (QED) is 0.600. The molecule has 0 bridgehead atoms. The second-order valence-corrected chi connectivity index (χ2v) is 8.82. The van der Waals surface area contributed by atoms with Crippen LogP contribution in [0.3, 0.4) is 0 Å². The number of piperazine rings is 1. The molecule has 1 aliphatic heterocycles. The smallest absolute Gasteiger partial charge is 0.291 e. The molecule has 1 saturated heterocycles. The van der Waals surface area contributed by atoms with Crippen LogP contribution in [0.2, 0.25) is 5.02 Å². The Morgan fingerprint density at radius 2 is 1.97 bits per heavy atom. The number of carbonyl (C=O) groups excluding carboxylic acids is 2. The summed E-state index contributed by atoms with van der Waals surface area (Å²) in [5, 5.41) is 3.79. The van der Waals surface area contributed by atoms with Crippen LogP contribution in [-0.2, 0) is 6.54 Å². The van der Waals surface area contributed by atoms with Crippen LogP contribution in [0.15, 0.2) is 47.1 Å². The molecule has 4 rings (SSSR count). The van der Waals surface area contributed by atoms with E-state index in [1.165, 1.54) is 29.7 Å². The van der Waals surface area contributed by atoms with Crippen molar-refractivity contribution in [3.05, 3.63) is 75.3 Å². The monoisotopic (exact) mass is 461 g/mol. The minimum absolute atomic E-state index is 0.0412. The van der Waals surface area contributed by atoms with E-state index in [2.05, 4.69) is 10.2 Å². The lowest BCUT2D eigenvalue weighted by Gasteiger charge is -2.34. The number of nitrogens with zero attached hydrogens (tertiary/aromatic N) is 2. The molecule has 0 radical (unpaired) electrons. The van der Waals surface area contributed by atoms with Gasteiger partial charge in [-0.15, -0.1) is 11.3 Å². The van der Waals surface area contributed by atoms with Crippen LogP contribution in [0.1, 0.15) is 31.4 Å². The van der Waals surface area contributed by atoms with Gasteiger partial charge in [-0.3, -0.25) is 14.5 Å². The molecule has 3 aromatic rings. The number of nitrogens with one attached hydrogen (secondary N) is 1. The molecule has 31 heavy (non-hydrogen) atoms. The van der Waals surface area contributed by atoms with Crippen LogP contribution in [0.25, 0.3) is 0 Å². The summed E-state index contributed by atoms with van der Waals surface area (Å²) in [7, 11) is 0. The number of furan rings is 1. The molecule has 0 aliphatic carbocycles. The zero-order chi connectivity index (χ0) is 22.0. The maximum Gasteiger partial charge on any atom is 0.291 e. The van der Waals surface area contributed by atoms with E-state index in [9.17, 15) is 14.0 Å². The number of carbonyl (C=O) groups is 2. The minimum atomic E-state index is -0.352. The van der Waals surface area contributed by atoms with Crippen molar-refractivity contribution in [1.29, 1.82) is 0 Å². The number of anilines is 1. The number of hydrogen-bond donors (Lipinski definition) is 1. The van der Waals surface area contributed by atoms with Gasteiger partial charge in [0.05, 0.1) is 16.1 Å². The lowest BCUT2D eigenvalue weighted by atomic mass is 10.2. The third kappa shape index (κ3) is 4.98. The van der Waals surface area contributed by atoms with Crippen molar-refractivity contribution in [3.8, 4) is 0 Å². The van der Waals surface area contributed by atoms with Crippen LogP contribution in [-0.4, -0.2) is 47.8 Å². The summed E-state index contributed by atoms with van der Waals surface area (Å²) in [6, 6.07) is 9.45. The normalized spacial score (nSPS) is 14.6. The fourth-order valence-electron chi connectivity index (χ4n) is 3.48. The Labute approximate surface area is 188 Å². The summed E-state index contributed by atoms with van der Waals surface area (Å²) in [5.41, 5.74) is 1.69. The van der Waals surface area contributed by atoms with Crippen LogP contribution < -0.4 is 5.32 Å². The summed E-state index contributed by atoms with van der Waals surface area (Å²) in [6.07, 6.45) is 1.44. The van der Waals surface area contributed by atoms with Gasteiger partial charge < -0.3 is 14.6 Å². The van der Waals surface area contributed by atoms with Crippen molar-refractivity contribution < 1.29 is 18.4 Å². The molecule has 6 nitrogen and oxygen atoms in total. The van der Waals surface area contributed by atoms with E-state index in [1.54, 1.807) is 24.3 Å². The predicted molar refractivity (Wildman–Crippen MR) is 118 cm³/mol. The molecule has 0 atom stereocenters. The summed E-state index contributed by atoms with van der Waals surface area (Å²) in [5.74, 6) is -0.523. The predicted octanol–water partition coefficient (Wildman–Crippen LogP) is 4.65. The maximum atomic E-state index is 13.2. The highest BCUT2D eigenvalue weighted by molar-refractivity contribution is 7.18. The van der Waals surface area contributed by atoms with Gasteiger partial charge in [-0.05, 0) is 48.4 Å². The minimum Gasteiger partial charge on any atom is -0.459 e. The Morgan fingerprint density at radius 3 is 2.65 bits per heavy atom. The molecule has 0 saturated carbocycles. The Hall–Kier alpha value is -2.68. The third-order valence-corrected chi connectivity index (χ3v) is 6.65. The molecule has 1 N–H and O–H groups in total. The summed E-state index contributed by atoms with van der Waals surface area (Å²) in [4.78, 5) is 29.8. The number of halogens is 2. The molecular formula is C22H21ClFN3O3S. The Balaban J connectivity index is 1.35. The van der Waals surface area contributed by atoms with Crippen molar-refractivity contribution in [2.45, 2.75) is 13.5 Å². The molecule has 1 fully saturated rings. The molecule has 1 aromatic carbocycles. The summed E-state index contributed by atoms with van der Waals surface area (Å²) < 4.78 is 18.3. The number of aryl methyl sites for hydroxylation is 1. The first-order chi connectivity index (χ1) is 14.9. The van der Waals surface area contributed by atoms with E-state index in [-0.39, 0.29) is 23.4 Å². The van der Waals surface area contributed by atoms with Gasteiger partial charge in [-0.25, -0.2) is 4.39 Å². The number of amides is 2. The van der Waals surface area contributed by atoms with Crippen molar-refractivity contribution in [3.63, 3.8) is 0 Å². The van der Waals surface area contributed by atoms with Crippen LogP contribution in [0.5, 0.6) is 0 Å². The Morgan fingerprint density at radius 1 is 1.19 bits per heavy atom. The standard InChI is InChI=1S/C22H21ClFN3O3S/c1-14-11-19(25-21(28)18-3-2-10-30-18)31-20(14)22(29)27-8-6-26(7-9-27)13-15-4-5-16(24)12-17(15)23/h2-5,10-12H,6-9,13H2,1H3,(H,25,28). The number of hydrogen-bond acceptors (Lipinski definition) is 5. The molecule has 0 unspecified atom stereocenters. The van der Waals surface area contributed by atoms with E-state index in [4.69, 9.17) is 16.0 Å². The number of rotatable bonds is 5. The fraction of sp³-hybridized carbons (Fsp3) is 0.273. The van der Waals surface area contributed by atoms with Gasteiger partial charge in [0.2, 0.25) is 0 Å². The highest BCUT2D eigenvalue weighted by atomic mass is 35.5. The van der Waals surface area contributed by atoms with Gasteiger partial charge in [-0.1, -0.05) is 17.7 Å². The lowest BCUT2D eigenvalue weighted by Crippen LogP contribution is -2.48. The molecule has 0 spiro atoms. The Bertz CT molecular complexity index is 1090. The molecular weight excluding hydrogens is 441 g/mol. The lowest BCUT2D eigenvalue weighted by molar-refractivity contribution is 0.0632. The first-order valence-electron chi connectivity index (χ1n) is 9.81. The van der Waals surface area contributed by atoms with Crippen molar-refractivity contribution in [1.82, 2.24) is 9.80 Å². The fourth-order valence-corrected chi connectivity index (χ4v) is 4.74. The topological polar surface area (TPSA) is 65.8 Å². The average molecular weight is 462 g/mol. The molecule has 2 aromatic heterocycles. The zero-order valence-corrected chi connectivity index (χ0v) is 18.4. The second-order valence-electron chi connectivity index (χ2n) is 7.36. The molecule has 162 valence electrons. The van der Waals surface area contributed by atoms with E-state index in [0.29, 0.717) is 47.6 Å². The highest BCUT2D eigenvalue weighted by Crippen LogP contribution is 2.29. The van der Waals surface area contributed by atoms with Crippen LogP contribution >= 0.6 is 22.9 Å². The second kappa shape index (κ2) is 9.21.